The molecule has 0 bridgehead atoms. The number of hydrogen-bond acceptors (Lipinski definition) is 5. The number of halogens is 3. The maximum absolute atomic E-state index is 13.9. The lowest BCUT2D eigenvalue weighted by molar-refractivity contribution is -0.140. The van der Waals surface area contributed by atoms with E-state index in [-0.39, 0.29) is 50.3 Å². The summed E-state index contributed by atoms with van der Waals surface area (Å²) < 4.78 is 60.0. The van der Waals surface area contributed by atoms with Gasteiger partial charge in [-0.15, -0.1) is 6.42 Å². The first-order chi connectivity index (χ1) is 16.0. The van der Waals surface area contributed by atoms with E-state index in [2.05, 4.69) is 21.0 Å². The van der Waals surface area contributed by atoms with Crippen LogP contribution < -0.4 is 5.56 Å². The molecule has 1 atom stereocenters. The van der Waals surface area contributed by atoms with Crippen LogP contribution in [0.3, 0.4) is 0 Å². The Morgan fingerprint density at radius 1 is 1.21 bits per heavy atom. The Morgan fingerprint density at radius 2 is 1.88 bits per heavy atom. The fourth-order valence-electron chi connectivity index (χ4n) is 3.60. The molecule has 0 amide bonds. The summed E-state index contributed by atoms with van der Waals surface area (Å²) in [5.41, 5.74) is -1.96. The van der Waals surface area contributed by atoms with E-state index in [9.17, 15) is 22.2 Å². The minimum absolute atomic E-state index is 0.114. The average Bonchev–Trinajstić information content (AvgIpc) is 3.33. The number of allylic oxidation sites excluding steroid dienone is 1. The molecule has 34 heavy (non-hydrogen) atoms. The van der Waals surface area contributed by atoms with Gasteiger partial charge < -0.3 is 4.42 Å². The lowest BCUT2D eigenvalue weighted by atomic mass is 10.1. The molecule has 0 saturated heterocycles. The van der Waals surface area contributed by atoms with E-state index >= 15 is 0 Å². The van der Waals surface area contributed by atoms with Crippen LogP contribution in [-0.2, 0) is 17.0 Å². The van der Waals surface area contributed by atoms with Gasteiger partial charge in [0.2, 0.25) is 5.89 Å². The van der Waals surface area contributed by atoms with E-state index in [1.165, 1.54) is 31.4 Å². The molecule has 0 spiro atoms. The number of alkyl halides is 3. The van der Waals surface area contributed by atoms with Crippen molar-refractivity contribution >= 4 is 21.4 Å². The van der Waals surface area contributed by atoms with Crippen LogP contribution in [0.1, 0.15) is 22.8 Å². The minimum Gasteiger partial charge on any atom is -0.440 e. The number of H-pyrrole nitrogens is 1. The van der Waals surface area contributed by atoms with Gasteiger partial charge in [-0.3, -0.25) is 14.1 Å². The van der Waals surface area contributed by atoms with Crippen molar-refractivity contribution in [3.63, 3.8) is 0 Å². The number of hydrogen-bond donors (Lipinski definition) is 1. The maximum atomic E-state index is 13.9. The highest BCUT2D eigenvalue weighted by Gasteiger charge is 2.38. The molecule has 0 fully saturated rings. The minimum atomic E-state index is -4.77. The summed E-state index contributed by atoms with van der Waals surface area (Å²) in [5, 5.41) is 2.15. The van der Waals surface area contributed by atoms with Crippen LogP contribution in [0.2, 0.25) is 0 Å². The number of terminal acetylenes is 1. The van der Waals surface area contributed by atoms with Gasteiger partial charge in [0.15, 0.2) is 5.65 Å². The van der Waals surface area contributed by atoms with E-state index in [1.54, 1.807) is 25.1 Å². The van der Waals surface area contributed by atoms with E-state index in [1.807, 2.05) is 0 Å². The predicted octanol–water partition coefficient (Wildman–Crippen LogP) is 4.33. The number of nitrogens with one attached hydrogen (secondary N) is 1. The van der Waals surface area contributed by atoms with E-state index in [4.69, 9.17) is 10.8 Å². The highest BCUT2D eigenvalue weighted by atomic mass is 32.2. The third-order valence-corrected chi connectivity index (χ3v) is 6.01. The molecule has 11 heteroatoms. The second kappa shape index (κ2) is 8.46. The molecule has 0 radical (unpaired) electrons. The second-order valence-electron chi connectivity index (χ2n) is 7.32. The summed E-state index contributed by atoms with van der Waals surface area (Å²) in [6.45, 7) is 3.02. The largest absolute Gasteiger partial charge is 0.440 e. The van der Waals surface area contributed by atoms with Crippen molar-refractivity contribution < 1.29 is 21.8 Å². The first kappa shape index (κ1) is 23.3. The Labute approximate surface area is 193 Å². The molecule has 1 aromatic carbocycles. The van der Waals surface area contributed by atoms with Gasteiger partial charge in [-0.05, 0) is 19.4 Å². The number of fused-ring (bicyclic) bond motifs is 1. The molecule has 3 heterocycles. The van der Waals surface area contributed by atoms with Crippen LogP contribution in [0, 0.1) is 26.2 Å². The molecular weight excluding hydrogens is 469 g/mol. The van der Waals surface area contributed by atoms with Crippen LogP contribution >= 0.6 is 0 Å². The Bertz CT molecular complexity index is 1570. The number of aromatic amines is 1. The number of aromatic nitrogens is 4. The fourth-order valence-corrected chi connectivity index (χ4v) is 4.30. The zero-order valence-corrected chi connectivity index (χ0v) is 19.0. The maximum Gasteiger partial charge on any atom is 0.433 e. The number of aryl methyl sites for hydroxylation is 2. The van der Waals surface area contributed by atoms with Crippen molar-refractivity contribution in [3.05, 3.63) is 69.6 Å². The molecule has 0 saturated carbocycles. The Kier molecular flexibility index (Phi) is 5.79. The van der Waals surface area contributed by atoms with E-state index in [0.29, 0.717) is 0 Å². The van der Waals surface area contributed by atoms with Crippen LogP contribution in [0.25, 0.3) is 33.1 Å². The van der Waals surface area contributed by atoms with Crippen molar-refractivity contribution in [1.29, 1.82) is 0 Å². The van der Waals surface area contributed by atoms with E-state index < -0.39 is 28.2 Å². The van der Waals surface area contributed by atoms with Gasteiger partial charge in [-0.2, -0.15) is 17.7 Å². The summed E-state index contributed by atoms with van der Waals surface area (Å²) in [6, 6.07) is 7.86. The number of benzene rings is 1. The van der Waals surface area contributed by atoms with Crippen molar-refractivity contribution in [2.75, 3.05) is 6.26 Å². The molecule has 4 aromatic rings. The monoisotopic (exact) mass is 486 g/mol. The topological polar surface area (TPSA) is 93.3 Å². The highest BCUT2D eigenvalue weighted by Crippen LogP contribution is 2.38. The molecule has 0 aliphatic carbocycles. The Morgan fingerprint density at radius 3 is 2.47 bits per heavy atom. The molecule has 7 nitrogen and oxygen atoms in total. The Hall–Kier alpha value is -3.91. The van der Waals surface area contributed by atoms with Gasteiger partial charge in [0.25, 0.3) is 5.56 Å². The quantitative estimate of drug-likeness (QED) is 0.434. The van der Waals surface area contributed by atoms with Crippen LogP contribution in [0.4, 0.5) is 13.2 Å². The zero-order valence-electron chi connectivity index (χ0n) is 18.1. The number of nitrogens with zero attached hydrogens (tertiary/aromatic N) is 3. The third-order valence-electron chi connectivity index (χ3n) is 5.08. The Balaban J connectivity index is 2.01. The first-order valence-corrected chi connectivity index (χ1v) is 11.4. The predicted molar refractivity (Wildman–Crippen MR) is 122 cm³/mol. The van der Waals surface area contributed by atoms with Crippen molar-refractivity contribution in [2.24, 2.45) is 0 Å². The summed E-state index contributed by atoms with van der Waals surface area (Å²) >= 11 is 0. The summed E-state index contributed by atoms with van der Waals surface area (Å²) in [6.07, 6.45) is 3.22. The van der Waals surface area contributed by atoms with Crippen molar-refractivity contribution in [2.45, 2.75) is 20.0 Å². The first-order valence-electron chi connectivity index (χ1n) is 9.80. The average molecular weight is 486 g/mol. The second-order valence-corrected chi connectivity index (χ2v) is 8.66. The van der Waals surface area contributed by atoms with Crippen LogP contribution in [-0.4, -0.2) is 30.0 Å². The molecule has 0 aliphatic rings. The van der Waals surface area contributed by atoms with Gasteiger partial charge in [0.05, 0.1) is 27.0 Å². The smallest absolute Gasteiger partial charge is 0.433 e. The molecular formula is C23H17F3N4O3S. The number of rotatable bonds is 4. The molecule has 3 aromatic heterocycles. The lowest BCUT2D eigenvalue weighted by Gasteiger charge is -2.07. The van der Waals surface area contributed by atoms with Gasteiger partial charge in [0.1, 0.15) is 22.7 Å². The summed E-state index contributed by atoms with van der Waals surface area (Å²) in [7, 11) is -1.51. The van der Waals surface area contributed by atoms with Crippen molar-refractivity contribution in [3.8, 4) is 34.9 Å². The molecule has 174 valence electrons. The molecule has 1 unspecified atom stereocenters. The molecule has 0 aliphatic heterocycles. The van der Waals surface area contributed by atoms with Gasteiger partial charge in [-0.1, -0.05) is 36.3 Å². The number of oxazole rings is 1. The van der Waals surface area contributed by atoms with Gasteiger partial charge in [-0.25, -0.2) is 9.97 Å². The molecule has 4 rings (SSSR count). The normalized spacial score (nSPS) is 13.3. The van der Waals surface area contributed by atoms with Crippen molar-refractivity contribution in [1.82, 2.24) is 19.6 Å². The highest BCUT2D eigenvalue weighted by molar-refractivity contribution is 7.93. The van der Waals surface area contributed by atoms with E-state index in [0.717, 1.165) is 4.52 Å². The summed E-state index contributed by atoms with van der Waals surface area (Å²) in [4.78, 5) is 22.1. The fraction of sp³-hybridized carbons (Fsp3) is 0.174. The third kappa shape index (κ3) is 3.86. The zero-order chi connectivity index (χ0) is 24.8. The van der Waals surface area contributed by atoms with Crippen LogP contribution in [0.15, 0.2) is 45.6 Å². The lowest BCUT2D eigenvalue weighted by Crippen LogP contribution is -2.20. The molecule has 1 N–H and O–H groups in total. The summed E-state index contributed by atoms with van der Waals surface area (Å²) in [5.74, 6) is 2.35. The van der Waals surface area contributed by atoms with Gasteiger partial charge in [0, 0.05) is 12.3 Å². The van der Waals surface area contributed by atoms with Crippen LogP contribution in [0.5, 0.6) is 0 Å². The SMILES string of the molecule is C#C/C=C(\c1nc(-c2c(C)nc3c(-c4ccccc4)c(C(F)(F)F)[nH]n3c2=O)oc1C)S(C)=O. The standard InChI is InChI=1S/C23H17F3N4O3S/c1-5-9-15(34(4)32)18-13(3)33-21(28-18)16-12(2)27-20-17(14-10-7-6-8-11-14)19(23(24,25)26)29-30(20)22(16)31/h1,6-11,29H,2-4H3/b15-9+. The van der Waals surface area contributed by atoms with Gasteiger partial charge >= 0.3 is 6.18 Å².